The van der Waals surface area contributed by atoms with E-state index in [1.165, 1.54) is 7.11 Å². The van der Waals surface area contributed by atoms with Crippen molar-refractivity contribution in [2.45, 2.75) is 13.0 Å². The van der Waals surface area contributed by atoms with Crippen molar-refractivity contribution in [3.63, 3.8) is 0 Å². The zero-order chi connectivity index (χ0) is 15.5. The molecule has 1 heterocycles. The summed E-state index contributed by atoms with van der Waals surface area (Å²) in [6.07, 6.45) is -0.380. The maximum atomic E-state index is 11.9. The molecule has 1 unspecified atom stereocenters. The predicted molar refractivity (Wildman–Crippen MR) is 81.1 cm³/mol. The van der Waals surface area contributed by atoms with Gasteiger partial charge in [-0.25, -0.2) is 13.2 Å². The largest absolute Gasteiger partial charge is 0.381 e. The summed E-state index contributed by atoms with van der Waals surface area (Å²) in [7, 11) is -1.99. The Morgan fingerprint density at radius 1 is 1.38 bits per heavy atom. The molecule has 21 heavy (non-hydrogen) atoms. The SMILES string of the molecule is COC(C)CS(=O)(=O)Nc1ccc(N2CCNC2=O)cc1. The van der Waals surface area contributed by atoms with Crippen LogP contribution in [0.1, 0.15) is 6.92 Å². The van der Waals surface area contributed by atoms with Crippen LogP contribution in [-0.4, -0.2) is 46.5 Å². The topological polar surface area (TPSA) is 87.7 Å². The summed E-state index contributed by atoms with van der Waals surface area (Å²) in [5.74, 6) is -0.111. The van der Waals surface area contributed by atoms with Crippen LogP contribution in [0, 0.1) is 0 Å². The maximum Gasteiger partial charge on any atom is 0.321 e. The Kier molecular flexibility index (Phi) is 4.69. The van der Waals surface area contributed by atoms with Crippen LogP contribution in [0.4, 0.5) is 16.2 Å². The van der Waals surface area contributed by atoms with Gasteiger partial charge < -0.3 is 10.1 Å². The molecule has 1 aromatic carbocycles. The van der Waals surface area contributed by atoms with Crippen molar-refractivity contribution in [1.29, 1.82) is 0 Å². The normalized spacial score (nSPS) is 16.7. The maximum absolute atomic E-state index is 11.9. The van der Waals surface area contributed by atoms with Gasteiger partial charge in [0.1, 0.15) is 0 Å². The van der Waals surface area contributed by atoms with Crippen LogP contribution in [-0.2, 0) is 14.8 Å². The third-order valence-electron chi connectivity index (χ3n) is 3.17. The Bertz CT molecular complexity index is 600. The average Bonchev–Trinajstić information content (AvgIpc) is 2.85. The van der Waals surface area contributed by atoms with Gasteiger partial charge in [0.05, 0.1) is 11.9 Å². The molecule has 1 saturated heterocycles. The van der Waals surface area contributed by atoms with Gasteiger partial charge in [-0.1, -0.05) is 0 Å². The number of nitrogens with one attached hydrogen (secondary N) is 2. The van der Waals surface area contributed by atoms with Crippen LogP contribution in [0.2, 0.25) is 0 Å². The predicted octanol–water partition coefficient (Wildman–Crippen LogP) is 0.993. The minimum Gasteiger partial charge on any atom is -0.381 e. The molecule has 2 rings (SSSR count). The molecule has 0 bridgehead atoms. The molecule has 1 fully saturated rings. The highest BCUT2D eigenvalue weighted by atomic mass is 32.2. The lowest BCUT2D eigenvalue weighted by atomic mass is 10.2. The number of hydrogen-bond acceptors (Lipinski definition) is 4. The molecule has 8 heteroatoms. The van der Waals surface area contributed by atoms with E-state index in [-0.39, 0.29) is 17.9 Å². The molecular formula is C13H19N3O4S. The van der Waals surface area contributed by atoms with Crippen LogP contribution < -0.4 is 14.9 Å². The lowest BCUT2D eigenvalue weighted by Crippen LogP contribution is -2.27. The monoisotopic (exact) mass is 313 g/mol. The summed E-state index contributed by atoms with van der Waals surface area (Å²) in [5, 5.41) is 2.71. The molecule has 0 spiro atoms. The van der Waals surface area contributed by atoms with Crippen molar-refractivity contribution in [1.82, 2.24) is 5.32 Å². The molecule has 0 aliphatic carbocycles. The number of nitrogens with zero attached hydrogens (tertiary/aromatic N) is 1. The first-order valence-corrected chi connectivity index (χ1v) is 8.25. The van der Waals surface area contributed by atoms with E-state index in [9.17, 15) is 13.2 Å². The molecule has 1 atom stereocenters. The minimum absolute atomic E-state index is 0.111. The van der Waals surface area contributed by atoms with Crippen LogP contribution in [0.15, 0.2) is 24.3 Å². The molecule has 2 amide bonds. The molecule has 1 aliphatic rings. The summed E-state index contributed by atoms with van der Waals surface area (Å²) in [6, 6.07) is 6.55. The Morgan fingerprint density at radius 3 is 2.57 bits per heavy atom. The number of rotatable bonds is 6. The van der Waals surface area contributed by atoms with E-state index in [1.807, 2.05) is 0 Å². The van der Waals surface area contributed by atoms with Gasteiger partial charge in [0.2, 0.25) is 10.0 Å². The van der Waals surface area contributed by atoms with E-state index in [0.717, 1.165) is 5.69 Å². The molecule has 116 valence electrons. The van der Waals surface area contributed by atoms with Gasteiger partial charge in [0.15, 0.2) is 0 Å². The van der Waals surface area contributed by atoms with E-state index >= 15 is 0 Å². The summed E-state index contributed by atoms with van der Waals surface area (Å²) in [4.78, 5) is 13.1. The van der Waals surface area contributed by atoms with E-state index in [0.29, 0.717) is 18.8 Å². The quantitative estimate of drug-likeness (QED) is 0.820. The molecule has 0 radical (unpaired) electrons. The van der Waals surface area contributed by atoms with Gasteiger partial charge in [0, 0.05) is 31.6 Å². The first-order chi connectivity index (χ1) is 9.91. The summed E-state index contributed by atoms with van der Waals surface area (Å²) in [5.41, 5.74) is 1.19. The Balaban J connectivity index is 2.04. The van der Waals surface area contributed by atoms with E-state index in [1.54, 1.807) is 36.1 Å². The van der Waals surface area contributed by atoms with Crippen molar-refractivity contribution < 1.29 is 17.9 Å². The van der Waals surface area contributed by atoms with E-state index in [4.69, 9.17) is 4.74 Å². The number of hydrogen-bond donors (Lipinski definition) is 2. The lowest BCUT2D eigenvalue weighted by molar-refractivity contribution is 0.136. The first-order valence-electron chi connectivity index (χ1n) is 6.60. The highest BCUT2D eigenvalue weighted by molar-refractivity contribution is 7.92. The van der Waals surface area contributed by atoms with Gasteiger partial charge in [0.25, 0.3) is 0 Å². The van der Waals surface area contributed by atoms with Crippen LogP contribution in [0.5, 0.6) is 0 Å². The molecule has 0 aromatic heterocycles. The van der Waals surface area contributed by atoms with Gasteiger partial charge in [-0.05, 0) is 31.2 Å². The fraction of sp³-hybridized carbons (Fsp3) is 0.462. The summed E-state index contributed by atoms with van der Waals surface area (Å²) < 4.78 is 31.2. The third-order valence-corrected chi connectivity index (χ3v) is 4.62. The molecular weight excluding hydrogens is 294 g/mol. The number of benzene rings is 1. The fourth-order valence-electron chi connectivity index (χ4n) is 2.03. The number of carbonyl (C=O) groups excluding carboxylic acids is 1. The van der Waals surface area contributed by atoms with Crippen LogP contribution in [0.25, 0.3) is 0 Å². The standard InChI is InChI=1S/C13H19N3O4S/c1-10(20-2)9-21(18,19)15-11-3-5-12(6-4-11)16-8-7-14-13(16)17/h3-6,10,15H,7-9H2,1-2H3,(H,14,17). The zero-order valence-corrected chi connectivity index (χ0v) is 12.8. The molecule has 1 aliphatic heterocycles. The fourth-order valence-corrected chi connectivity index (χ4v) is 3.36. The van der Waals surface area contributed by atoms with Gasteiger partial charge in [-0.3, -0.25) is 9.62 Å². The van der Waals surface area contributed by atoms with Gasteiger partial charge in [-0.2, -0.15) is 0 Å². The number of sulfonamides is 1. The first kappa shape index (κ1) is 15.6. The summed E-state index contributed by atoms with van der Waals surface area (Å²) in [6.45, 7) is 2.91. The van der Waals surface area contributed by atoms with Crippen molar-refractivity contribution in [3.8, 4) is 0 Å². The lowest BCUT2D eigenvalue weighted by Gasteiger charge is -2.15. The number of carbonyl (C=O) groups is 1. The highest BCUT2D eigenvalue weighted by Gasteiger charge is 2.21. The van der Waals surface area contributed by atoms with Crippen molar-refractivity contribution in [3.05, 3.63) is 24.3 Å². The smallest absolute Gasteiger partial charge is 0.321 e. The number of amides is 2. The summed E-state index contributed by atoms with van der Waals surface area (Å²) >= 11 is 0. The Morgan fingerprint density at radius 2 is 2.05 bits per heavy atom. The average molecular weight is 313 g/mol. The van der Waals surface area contributed by atoms with Crippen LogP contribution in [0.3, 0.4) is 0 Å². The van der Waals surface area contributed by atoms with Crippen LogP contribution >= 0.6 is 0 Å². The van der Waals surface area contributed by atoms with E-state index in [2.05, 4.69) is 10.0 Å². The minimum atomic E-state index is -3.46. The number of urea groups is 1. The van der Waals surface area contributed by atoms with Gasteiger partial charge in [-0.15, -0.1) is 0 Å². The molecule has 1 aromatic rings. The third kappa shape index (κ3) is 4.08. The van der Waals surface area contributed by atoms with Crippen molar-refractivity contribution >= 4 is 27.4 Å². The second-order valence-electron chi connectivity index (χ2n) is 4.86. The highest BCUT2D eigenvalue weighted by Crippen LogP contribution is 2.20. The van der Waals surface area contributed by atoms with Crippen molar-refractivity contribution in [2.24, 2.45) is 0 Å². The zero-order valence-electron chi connectivity index (χ0n) is 12.0. The Hall–Kier alpha value is -1.80. The number of methoxy groups -OCH3 is 1. The number of anilines is 2. The molecule has 2 N–H and O–H groups in total. The Labute approximate surface area is 124 Å². The number of ether oxygens (including phenoxy) is 1. The molecule has 7 nitrogen and oxygen atoms in total. The second kappa shape index (κ2) is 6.31. The molecule has 0 saturated carbocycles. The van der Waals surface area contributed by atoms with E-state index < -0.39 is 10.0 Å². The van der Waals surface area contributed by atoms with Crippen molar-refractivity contribution in [2.75, 3.05) is 35.6 Å². The second-order valence-corrected chi connectivity index (χ2v) is 6.63. The van der Waals surface area contributed by atoms with Gasteiger partial charge >= 0.3 is 6.03 Å².